The van der Waals surface area contributed by atoms with Gasteiger partial charge in [0.05, 0.1) is 18.4 Å². The zero-order chi connectivity index (χ0) is 23.5. The number of thiol groups is 1. The van der Waals surface area contributed by atoms with Crippen LogP contribution in [0.4, 0.5) is 0 Å². The molecule has 0 fully saturated rings. The molecule has 3 aromatic carbocycles. The number of hydrogen-bond donors (Lipinski definition) is 1. The van der Waals surface area contributed by atoms with Gasteiger partial charge in [0.2, 0.25) is 0 Å². The zero-order valence-corrected chi connectivity index (χ0v) is 19.3. The molecule has 0 radical (unpaired) electrons. The molecule has 0 atom stereocenters. The SMILES string of the molecule is COc1cccc(-c2nc(-c3ccccc3)c3ncc(-c4ccc(C[SH](=O)=O)cc4)cc3n2)c1. The molecule has 0 amide bonds. The minimum atomic E-state index is -2.46. The second kappa shape index (κ2) is 9.41. The first-order valence-electron chi connectivity index (χ1n) is 10.7. The molecule has 0 saturated carbocycles. The molecule has 0 bridgehead atoms. The minimum absolute atomic E-state index is 0.0309. The molecule has 0 saturated heterocycles. The highest BCUT2D eigenvalue weighted by Crippen LogP contribution is 2.31. The van der Waals surface area contributed by atoms with Crippen LogP contribution in [0, 0.1) is 0 Å². The van der Waals surface area contributed by atoms with Crippen LogP contribution in [0.2, 0.25) is 0 Å². The van der Waals surface area contributed by atoms with Gasteiger partial charge in [0.1, 0.15) is 27.7 Å². The van der Waals surface area contributed by atoms with Gasteiger partial charge in [-0.2, -0.15) is 0 Å². The molecule has 2 aromatic heterocycles. The van der Waals surface area contributed by atoms with Crippen LogP contribution in [0.5, 0.6) is 5.75 Å². The van der Waals surface area contributed by atoms with Crippen LogP contribution in [-0.2, 0) is 16.5 Å². The van der Waals surface area contributed by atoms with Gasteiger partial charge in [-0.1, -0.05) is 66.7 Å². The molecule has 0 aliphatic rings. The summed E-state index contributed by atoms with van der Waals surface area (Å²) in [6.45, 7) is 0. The summed E-state index contributed by atoms with van der Waals surface area (Å²) in [5.74, 6) is 1.34. The molecular formula is C27H21N3O3S. The second-order valence-electron chi connectivity index (χ2n) is 7.77. The van der Waals surface area contributed by atoms with E-state index < -0.39 is 10.7 Å². The Hall–Kier alpha value is -4.10. The van der Waals surface area contributed by atoms with Gasteiger partial charge < -0.3 is 4.74 Å². The number of aromatic nitrogens is 3. The Labute approximate surface area is 198 Å². The lowest BCUT2D eigenvalue weighted by Gasteiger charge is -2.11. The third kappa shape index (κ3) is 4.51. The van der Waals surface area contributed by atoms with Crippen molar-refractivity contribution in [2.45, 2.75) is 5.75 Å². The molecule has 34 heavy (non-hydrogen) atoms. The fourth-order valence-corrected chi connectivity index (χ4v) is 4.33. The number of nitrogens with zero attached hydrogens (tertiary/aromatic N) is 3. The fraction of sp³-hybridized carbons (Fsp3) is 0.0741. The van der Waals surface area contributed by atoms with E-state index in [9.17, 15) is 8.42 Å². The summed E-state index contributed by atoms with van der Waals surface area (Å²) < 4.78 is 27.4. The van der Waals surface area contributed by atoms with E-state index in [4.69, 9.17) is 19.7 Å². The first-order chi connectivity index (χ1) is 16.6. The molecule has 0 unspecified atom stereocenters. The van der Waals surface area contributed by atoms with Crippen LogP contribution in [-0.4, -0.2) is 30.5 Å². The van der Waals surface area contributed by atoms with Gasteiger partial charge in [-0.25, -0.2) is 18.4 Å². The summed E-state index contributed by atoms with van der Waals surface area (Å²) in [6, 6.07) is 27.0. The van der Waals surface area contributed by atoms with Crippen molar-refractivity contribution in [1.82, 2.24) is 15.0 Å². The molecule has 5 aromatic rings. The van der Waals surface area contributed by atoms with Gasteiger partial charge >= 0.3 is 0 Å². The quantitative estimate of drug-likeness (QED) is 0.348. The Kier molecular flexibility index (Phi) is 6.01. The number of rotatable bonds is 6. The number of pyridine rings is 1. The highest BCUT2D eigenvalue weighted by Gasteiger charge is 2.14. The smallest absolute Gasteiger partial charge is 0.160 e. The Morgan fingerprint density at radius 2 is 1.53 bits per heavy atom. The second-order valence-corrected chi connectivity index (χ2v) is 8.75. The minimum Gasteiger partial charge on any atom is -0.497 e. The van der Waals surface area contributed by atoms with Crippen molar-refractivity contribution in [3.05, 3.63) is 96.7 Å². The third-order valence-corrected chi connectivity index (χ3v) is 6.13. The molecule has 5 rings (SSSR count). The van der Waals surface area contributed by atoms with E-state index in [1.54, 1.807) is 13.3 Å². The van der Waals surface area contributed by atoms with Crippen LogP contribution >= 0.6 is 0 Å². The van der Waals surface area contributed by atoms with E-state index in [1.165, 1.54) is 0 Å². The highest BCUT2D eigenvalue weighted by atomic mass is 32.2. The summed E-state index contributed by atoms with van der Waals surface area (Å²) in [6.07, 6.45) is 1.80. The van der Waals surface area contributed by atoms with Crippen LogP contribution in [0.3, 0.4) is 0 Å². The number of fused-ring (bicyclic) bond motifs is 1. The van der Waals surface area contributed by atoms with E-state index in [0.717, 1.165) is 44.8 Å². The molecular weight excluding hydrogens is 446 g/mol. The standard InChI is InChI=1S/C27H21N3O3S/c1-33-23-9-5-8-21(14-23)27-29-24-15-22(19-12-10-18(11-13-19)17-34(31)32)16-28-26(24)25(30-27)20-6-3-2-4-7-20/h2-16,34H,17H2,1H3. The van der Waals surface area contributed by atoms with E-state index in [2.05, 4.69) is 0 Å². The lowest BCUT2D eigenvalue weighted by Crippen LogP contribution is -1.98. The molecule has 168 valence electrons. The van der Waals surface area contributed by atoms with Gasteiger partial charge in [-0.3, -0.25) is 4.98 Å². The normalized spacial score (nSPS) is 11.1. The summed E-state index contributed by atoms with van der Waals surface area (Å²) in [5, 5.41) is 0. The van der Waals surface area contributed by atoms with Gasteiger partial charge in [-0.05, 0) is 29.3 Å². The maximum absolute atomic E-state index is 11.0. The zero-order valence-electron chi connectivity index (χ0n) is 18.4. The van der Waals surface area contributed by atoms with Crippen LogP contribution in [0.15, 0.2) is 91.1 Å². The average molecular weight is 468 g/mol. The number of ether oxygens (including phenoxy) is 1. The predicted octanol–water partition coefficient (Wildman–Crippen LogP) is 5.15. The largest absolute Gasteiger partial charge is 0.497 e. The lowest BCUT2D eigenvalue weighted by atomic mass is 10.0. The number of hydrogen-bond acceptors (Lipinski definition) is 6. The summed E-state index contributed by atoms with van der Waals surface area (Å²) >= 11 is 0. The van der Waals surface area contributed by atoms with Gasteiger partial charge in [-0.15, -0.1) is 0 Å². The van der Waals surface area contributed by atoms with Crippen molar-refractivity contribution in [3.8, 4) is 39.5 Å². The van der Waals surface area contributed by atoms with Gasteiger partial charge in [0.25, 0.3) is 0 Å². The van der Waals surface area contributed by atoms with Crippen LogP contribution < -0.4 is 4.74 Å². The molecule has 0 aliphatic heterocycles. The Morgan fingerprint density at radius 1 is 0.765 bits per heavy atom. The molecule has 0 N–H and O–H groups in total. The van der Waals surface area contributed by atoms with E-state index in [-0.39, 0.29) is 5.75 Å². The van der Waals surface area contributed by atoms with E-state index >= 15 is 0 Å². The first-order valence-corrected chi connectivity index (χ1v) is 12.1. The molecule has 0 spiro atoms. The Balaban J connectivity index is 1.66. The molecule has 7 heteroatoms. The molecule has 0 aliphatic carbocycles. The monoisotopic (exact) mass is 467 g/mol. The number of methoxy groups -OCH3 is 1. The molecule has 6 nitrogen and oxygen atoms in total. The summed E-state index contributed by atoms with van der Waals surface area (Å²) in [4.78, 5) is 14.4. The Morgan fingerprint density at radius 3 is 2.26 bits per heavy atom. The van der Waals surface area contributed by atoms with E-state index in [1.807, 2.05) is 84.9 Å². The van der Waals surface area contributed by atoms with Crippen molar-refractivity contribution in [2.75, 3.05) is 7.11 Å². The number of benzene rings is 3. The summed E-state index contributed by atoms with van der Waals surface area (Å²) in [5.41, 5.74) is 6.56. The van der Waals surface area contributed by atoms with Crippen molar-refractivity contribution >= 4 is 21.7 Å². The van der Waals surface area contributed by atoms with E-state index in [0.29, 0.717) is 11.3 Å². The maximum Gasteiger partial charge on any atom is 0.160 e. The molecule has 2 heterocycles. The van der Waals surface area contributed by atoms with Gasteiger partial charge in [0.15, 0.2) is 5.82 Å². The third-order valence-electron chi connectivity index (χ3n) is 5.51. The van der Waals surface area contributed by atoms with Crippen LogP contribution in [0.1, 0.15) is 5.56 Å². The van der Waals surface area contributed by atoms with Gasteiger partial charge in [0, 0.05) is 22.9 Å². The topological polar surface area (TPSA) is 82.0 Å². The van der Waals surface area contributed by atoms with Crippen molar-refractivity contribution < 1.29 is 13.2 Å². The predicted molar refractivity (Wildman–Crippen MR) is 134 cm³/mol. The van der Waals surface area contributed by atoms with Crippen LogP contribution in [0.25, 0.3) is 44.8 Å². The fourth-order valence-electron chi connectivity index (χ4n) is 3.82. The average Bonchev–Trinajstić information content (AvgIpc) is 2.88. The lowest BCUT2D eigenvalue weighted by molar-refractivity contribution is 0.415. The maximum atomic E-state index is 11.0. The van der Waals surface area contributed by atoms with Crippen molar-refractivity contribution in [2.24, 2.45) is 0 Å². The van der Waals surface area contributed by atoms with Crippen molar-refractivity contribution in [1.29, 1.82) is 0 Å². The highest BCUT2D eigenvalue weighted by molar-refractivity contribution is 7.71. The Bertz CT molecular complexity index is 1540. The van der Waals surface area contributed by atoms with Crippen molar-refractivity contribution in [3.63, 3.8) is 0 Å². The summed E-state index contributed by atoms with van der Waals surface area (Å²) in [7, 11) is -0.826. The first kappa shape index (κ1) is 21.7.